The topological polar surface area (TPSA) is 61.5 Å². The molecule has 0 radical (unpaired) electrons. The summed E-state index contributed by atoms with van der Waals surface area (Å²) in [6.45, 7) is 9.37. The van der Waals surface area contributed by atoms with Crippen LogP contribution >= 0.6 is 0 Å². The third-order valence-corrected chi connectivity index (χ3v) is 5.44. The van der Waals surface area contributed by atoms with Gasteiger partial charge < -0.3 is 10.2 Å². The first-order chi connectivity index (χ1) is 13.5. The molecule has 2 aliphatic rings. The number of nitrogens with one attached hydrogen (secondary N) is 3. The van der Waals surface area contributed by atoms with Crippen LogP contribution in [0, 0.1) is 11.7 Å². The van der Waals surface area contributed by atoms with Crippen molar-refractivity contribution in [3.05, 3.63) is 35.6 Å². The van der Waals surface area contributed by atoms with Crippen molar-refractivity contribution in [1.82, 2.24) is 21.1 Å². The highest BCUT2D eigenvalue weighted by Gasteiger charge is 2.29. The Hall–Kier alpha value is -1.80. The number of hydrogen-bond donors (Lipinski definition) is 3. The van der Waals surface area contributed by atoms with E-state index < -0.39 is 0 Å². The minimum atomic E-state index is -0.274. The molecule has 1 aromatic carbocycles. The summed E-state index contributed by atoms with van der Waals surface area (Å²) in [6.07, 6.45) is 1.93. The molecule has 0 bridgehead atoms. The van der Waals surface area contributed by atoms with Crippen LogP contribution in [0.4, 0.5) is 10.2 Å². The van der Waals surface area contributed by atoms with Crippen molar-refractivity contribution in [3.8, 4) is 0 Å². The fraction of sp³-hybridized carbons (Fsp3) is 0.571. The van der Waals surface area contributed by atoms with Gasteiger partial charge in [0.15, 0.2) is 6.23 Å². The summed E-state index contributed by atoms with van der Waals surface area (Å²) in [5.41, 5.74) is 4.63. The maximum atomic E-state index is 13.8. The number of hydroxylamine groups is 1. The first kappa shape index (κ1) is 19.5. The predicted octanol–water partition coefficient (Wildman–Crippen LogP) is 3.06. The number of anilines is 1. The molecule has 6 nitrogen and oxygen atoms in total. The fourth-order valence-corrected chi connectivity index (χ4v) is 3.91. The summed E-state index contributed by atoms with van der Waals surface area (Å²) >= 11 is 0. The second-order valence-corrected chi connectivity index (χ2v) is 8.31. The average molecular weight is 388 g/mol. The van der Waals surface area contributed by atoms with E-state index in [9.17, 15) is 4.39 Å². The molecule has 2 fully saturated rings. The lowest BCUT2D eigenvalue weighted by molar-refractivity contribution is 0.0228. The van der Waals surface area contributed by atoms with E-state index in [0.717, 1.165) is 49.2 Å². The third kappa shape index (κ3) is 4.27. The monoisotopic (exact) mass is 387 g/mol. The molecular weight excluding hydrogens is 357 g/mol. The Kier molecular flexibility index (Phi) is 5.78. The molecule has 0 spiro atoms. The van der Waals surface area contributed by atoms with Gasteiger partial charge in [0, 0.05) is 36.1 Å². The van der Waals surface area contributed by atoms with Crippen molar-refractivity contribution < 1.29 is 9.23 Å². The fourth-order valence-electron chi connectivity index (χ4n) is 3.91. The molecule has 2 unspecified atom stereocenters. The van der Waals surface area contributed by atoms with Crippen LogP contribution in [-0.4, -0.2) is 36.8 Å². The third-order valence-electron chi connectivity index (χ3n) is 5.44. The first-order valence-electron chi connectivity index (χ1n) is 10.3. The second-order valence-electron chi connectivity index (χ2n) is 8.31. The highest BCUT2D eigenvalue weighted by atomic mass is 19.1. The number of hydrogen-bond acceptors (Lipinski definition) is 6. The van der Waals surface area contributed by atoms with Crippen molar-refractivity contribution in [3.63, 3.8) is 0 Å². The van der Waals surface area contributed by atoms with Crippen LogP contribution in [0.2, 0.25) is 0 Å². The molecule has 2 aromatic rings. The molecule has 4 rings (SSSR count). The van der Waals surface area contributed by atoms with Gasteiger partial charge in [0.2, 0.25) is 0 Å². The minimum Gasteiger partial charge on any atom is -0.356 e. The summed E-state index contributed by atoms with van der Waals surface area (Å²) in [5, 5.41) is 7.96. The standard InChI is InChI=1S/C21H30FN5O/c1-13(2)12-23-17-6-8-27(9-7-17)20-18(21-24-14(3)26-28-21)10-15-4-5-16(22)11-19(15)25-20/h4-5,10-11,13-14,17,21,23-24,26H,6-9,12H2,1-3H3. The van der Waals surface area contributed by atoms with Crippen molar-refractivity contribution >= 4 is 16.7 Å². The van der Waals surface area contributed by atoms with Crippen LogP contribution in [0.15, 0.2) is 24.3 Å². The normalized spacial score (nSPS) is 23.8. The molecule has 7 heteroatoms. The number of pyridine rings is 1. The molecule has 2 saturated heterocycles. The molecule has 0 saturated carbocycles. The molecule has 3 heterocycles. The molecule has 2 aliphatic heterocycles. The van der Waals surface area contributed by atoms with Crippen LogP contribution in [-0.2, 0) is 4.84 Å². The molecule has 2 atom stereocenters. The van der Waals surface area contributed by atoms with Gasteiger partial charge in [-0.15, -0.1) is 0 Å². The SMILES string of the molecule is CC(C)CNC1CCN(c2nc3cc(F)ccc3cc2C2NC(C)NO2)CC1. The van der Waals surface area contributed by atoms with Crippen molar-refractivity contribution in [2.24, 2.45) is 5.92 Å². The molecule has 3 N–H and O–H groups in total. The lowest BCUT2D eigenvalue weighted by Gasteiger charge is -2.35. The Bertz CT molecular complexity index is 822. The number of rotatable bonds is 5. The Labute approximate surface area is 165 Å². The molecule has 152 valence electrons. The van der Waals surface area contributed by atoms with E-state index in [1.54, 1.807) is 6.07 Å². The maximum Gasteiger partial charge on any atom is 0.160 e. The largest absolute Gasteiger partial charge is 0.356 e. The van der Waals surface area contributed by atoms with E-state index in [2.05, 4.69) is 40.9 Å². The zero-order valence-corrected chi connectivity index (χ0v) is 16.8. The van der Waals surface area contributed by atoms with Gasteiger partial charge in [-0.1, -0.05) is 13.8 Å². The van der Waals surface area contributed by atoms with Gasteiger partial charge >= 0.3 is 0 Å². The molecular formula is C21H30FN5O. The quantitative estimate of drug-likeness (QED) is 0.733. The van der Waals surface area contributed by atoms with Crippen LogP contribution in [0.25, 0.3) is 10.9 Å². The smallest absolute Gasteiger partial charge is 0.160 e. The van der Waals surface area contributed by atoms with E-state index in [1.807, 2.05) is 6.92 Å². The van der Waals surface area contributed by atoms with Gasteiger partial charge in [0.25, 0.3) is 0 Å². The summed E-state index contributed by atoms with van der Waals surface area (Å²) in [7, 11) is 0. The summed E-state index contributed by atoms with van der Waals surface area (Å²) < 4.78 is 13.8. The number of benzene rings is 1. The minimum absolute atomic E-state index is 0.0627. The Balaban J connectivity index is 1.59. The van der Waals surface area contributed by atoms with Crippen molar-refractivity contribution in [2.75, 3.05) is 24.5 Å². The summed E-state index contributed by atoms with van der Waals surface area (Å²) in [5.74, 6) is 1.27. The predicted molar refractivity (Wildman–Crippen MR) is 109 cm³/mol. The van der Waals surface area contributed by atoms with Crippen LogP contribution < -0.4 is 21.0 Å². The van der Waals surface area contributed by atoms with E-state index in [4.69, 9.17) is 9.82 Å². The molecule has 0 amide bonds. The zero-order valence-electron chi connectivity index (χ0n) is 16.8. The van der Waals surface area contributed by atoms with E-state index in [-0.39, 0.29) is 18.2 Å². The number of aromatic nitrogens is 1. The van der Waals surface area contributed by atoms with Crippen molar-refractivity contribution in [2.45, 2.75) is 52.0 Å². The van der Waals surface area contributed by atoms with E-state index in [0.29, 0.717) is 17.5 Å². The second kappa shape index (κ2) is 8.29. The Morgan fingerprint density at radius 3 is 2.75 bits per heavy atom. The number of halogens is 1. The average Bonchev–Trinajstić information content (AvgIpc) is 3.12. The Morgan fingerprint density at radius 1 is 1.29 bits per heavy atom. The highest BCUT2D eigenvalue weighted by molar-refractivity contribution is 5.82. The van der Waals surface area contributed by atoms with Gasteiger partial charge in [-0.2, -0.15) is 5.48 Å². The van der Waals surface area contributed by atoms with Crippen LogP contribution in [0.1, 0.15) is 45.4 Å². The number of piperidine rings is 1. The van der Waals surface area contributed by atoms with Gasteiger partial charge in [0.05, 0.1) is 11.7 Å². The van der Waals surface area contributed by atoms with Crippen LogP contribution in [0.5, 0.6) is 0 Å². The summed E-state index contributed by atoms with van der Waals surface area (Å²) in [4.78, 5) is 12.9. The van der Waals surface area contributed by atoms with Gasteiger partial charge in [-0.05, 0) is 50.4 Å². The van der Waals surface area contributed by atoms with Crippen molar-refractivity contribution in [1.29, 1.82) is 0 Å². The molecule has 0 aliphatic carbocycles. The molecule has 1 aromatic heterocycles. The van der Waals surface area contributed by atoms with E-state index in [1.165, 1.54) is 12.1 Å². The number of fused-ring (bicyclic) bond motifs is 1. The maximum absolute atomic E-state index is 13.8. The number of nitrogens with zero attached hydrogens (tertiary/aromatic N) is 2. The lowest BCUT2D eigenvalue weighted by Crippen LogP contribution is -2.44. The Morgan fingerprint density at radius 2 is 2.07 bits per heavy atom. The van der Waals surface area contributed by atoms with Gasteiger partial charge in [-0.3, -0.25) is 10.2 Å². The van der Waals surface area contributed by atoms with E-state index >= 15 is 0 Å². The van der Waals surface area contributed by atoms with Gasteiger partial charge in [0.1, 0.15) is 11.6 Å². The molecule has 28 heavy (non-hydrogen) atoms. The lowest BCUT2D eigenvalue weighted by atomic mass is 10.0. The highest BCUT2D eigenvalue weighted by Crippen LogP contribution is 2.32. The first-order valence-corrected chi connectivity index (χ1v) is 10.3. The zero-order chi connectivity index (χ0) is 19.7. The van der Waals surface area contributed by atoms with Gasteiger partial charge in [-0.25, -0.2) is 9.37 Å². The summed E-state index contributed by atoms with van der Waals surface area (Å²) in [6, 6.07) is 7.37. The van der Waals surface area contributed by atoms with Crippen LogP contribution in [0.3, 0.4) is 0 Å².